The zero-order chi connectivity index (χ0) is 23.0. The number of phenols is 1. The minimum absolute atomic E-state index is 0.111. The highest BCUT2D eigenvalue weighted by atomic mass is 16.4. The molecule has 0 saturated carbocycles. The van der Waals surface area contributed by atoms with E-state index in [0.29, 0.717) is 0 Å². The quantitative estimate of drug-likeness (QED) is 0.386. The maximum Gasteiger partial charge on any atom is 0.326 e. The van der Waals surface area contributed by atoms with Gasteiger partial charge in [0.25, 0.3) is 0 Å². The summed E-state index contributed by atoms with van der Waals surface area (Å²) in [6.07, 6.45) is 0.407. The molecule has 31 heavy (non-hydrogen) atoms. The molecule has 0 heterocycles. The van der Waals surface area contributed by atoms with Gasteiger partial charge in [0.05, 0.1) is 6.04 Å². The van der Waals surface area contributed by atoms with Crippen LogP contribution in [0.15, 0.2) is 54.6 Å². The highest BCUT2D eigenvalue weighted by molar-refractivity contribution is 5.92. The summed E-state index contributed by atoms with van der Waals surface area (Å²) in [5, 5.41) is 23.9. The van der Waals surface area contributed by atoms with Gasteiger partial charge < -0.3 is 26.6 Å². The van der Waals surface area contributed by atoms with Crippen molar-refractivity contribution >= 4 is 17.8 Å². The molecular formula is C23H29N3O5. The highest BCUT2D eigenvalue weighted by Gasteiger charge is 2.29. The Bertz CT molecular complexity index is 884. The summed E-state index contributed by atoms with van der Waals surface area (Å²) in [4.78, 5) is 37.0. The smallest absolute Gasteiger partial charge is 0.326 e. The molecule has 0 bridgehead atoms. The Labute approximate surface area is 181 Å². The summed E-state index contributed by atoms with van der Waals surface area (Å²) in [5.74, 6) is -2.47. The Morgan fingerprint density at radius 3 is 2.00 bits per heavy atom. The molecule has 6 N–H and O–H groups in total. The Balaban J connectivity index is 2.13. The molecule has 0 fully saturated rings. The number of amides is 2. The van der Waals surface area contributed by atoms with Crippen LogP contribution >= 0.6 is 0 Å². The van der Waals surface area contributed by atoms with Crippen LogP contribution in [0.3, 0.4) is 0 Å². The van der Waals surface area contributed by atoms with Crippen molar-refractivity contribution in [3.63, 3.8) is 0 Å². The molecule has 0 radical (unpaired) electrons. The first kappa shape index (κ1) is 23.9. The van der Waals surface area contributed by atoms with Crippen LogP contribution in [0.4, 0.5) is 0 Å². The number of rotatable bonds is 10. The predicted molar refractivity (Wildman–Crippen MR) is 116 cm³/mol. The molecule has 0 saturated heterocycles. The molecule has 0 aliphatic rings. The van der Waals surface area contributed by atoms with Gasteiger partial charge in [0, 0.05) is 6.42 Å². The van der Waals surface area contributed by atoms with E-state index in [4.69, 9.17) is 5.73 Å². The summed E-state index contributed by atoms with van der Waals surface area (Å²) >= 11 is 0. The van der Waals surface area contributed by atoms with Crippen LogP contribution in [-0.4, -0.2) is 46.1 Å². The lowest BCUT2D eigenvalue weighted by atomic mass is 10.0. The van der Waals surface area contributed by atoms with Crippen molar-refractivity contribution in [2.75, 3.05) is 0 Å². The number of benzene rings is 2. The SMILES string of the molecule is CC(C)C(NC(=O)C(Cc1ccccc1)NC(=O)C(N)Cc1ccc(O)cc1)C(=O)O. The number of hydrogen-bond acceptors (Lipinski definition) is 5. The Kier molecular flexibility index (Phi) is 8.57. The zero-order valence-corrected chi connectivity index (χ0v) is 17.6. The molecule has 8 heteroatoms. The number of nitrogens with two attached hydrogens (primary N) is 1. The molecule has 166 valence electrons. The van der Waals surface area contributed by atoms with Gasteiger partial charge in [-0.25, -0.2) is 4.79 Å². The predicted octanol–water partition coefficient (Wildman–Crippen LogP) is 1.21. The standard InChI is InChI=1S/C23H29N3O5/c1-14(2)20(23(30)31)26-22(29)19(13-15-6-4-3-5-7-15)25-21(28)18(24)12-16-8-10-17(27)11-9-16/h3-11,14,18-20,27H,12-13,24H2,1-2H3,(H,25,28)(H,26,29)(H,30,31). The van der Waals surface area contributed by atoms with Crippen LogP contribution in [-0.2, 0) is 27.2 Å². The van der Waals surface area contributed by atoms with E-state index in [1.165, 1.54) is 12.1 Å². The van der Waals surface area contributed by atoms with E-state index in [0.717, 1.165) is 11.1 Å². The summed E-state index contributed by atoms with van der Waals surface area (Å²) in [6, 6.07) is 12.5. The fraction of sp³-hybridized carbons (Fsp3) is 0.348. The second-order valence-corrected chi connectivity index (χ2v) is 7.80. The molecule has 3 atom stereocenters. The molecule has 0 aliphatic carbocycles. The number of nitrogens with one attached hydrogen (secondary N) is 2. The molecule has 0 spiro atoms. The van der Waals surface area contributed by atoms with Crippen molar-refractivity contribution in [1.29, 1.82) is 0 Å². The number of carbonyl (C=O) groups excluding carboxylic acids is 2. The van der Waals surface area contributed by atoms with Gasteiger partial charge in [0.15, 0.2) is 0 Å². The maximum absolute atomic E-state index is 12.9. The third kappa shape index (κ3) is 7.42. The first-order chi connectivity index (χ1) is 14.7. The van der Waals surface area contributed by atoms with Gasteiger partial charge in [-0.2, -0.15) is 0 Å². The average Bonchev–Trinajstić information content (AvgIpc) is 2.73. The van der Waals surface area contributed by atoms with Gasteiger partial charge in [0.2, 0.25) is 11.8 Å². The number of phenolic OH excluding ortho intramolecular Hbond substituents is 1. The minimum Gasteiger partial charge on any atom is -0.508 e. The van der Waals surface area contributed by atoms with E-state index in [9.17, 15) is 24.6 Å². The minimum atomic E-state index is -1.14. The largest absolute Gasteiger partial charge is 0.508 e. The lowest BCUT2D eigenvalue weighted by Gasteiger charge is -2.24. The van der Waals surface area contributed by atoms with Crippen LogP contribution < -0.4 is 16.4 Å². The first-order valence-electron chi connectivity index (χ1n) is 10.1. The number of carboxylic acids is 1. The van der Waals surface area contributed by atoms with Crippen molar-refractivity contribution < 1.29 is 24.6 Å². The van der Waals surface area contributed by atoms with E-state index in [1.807, 2.05) is 30.3 Å². The summed E-state index contributed by atoms with van der Waals surface area (Å²) in [7, 11) is 0. The van der Waals surface area contributed by atoms with E-state index in [1.54, 1.807) is 26.0 Å². The van der Waals surface area contributed by atoms with Gasteiger partial charge in [-0.05, 0) is 35.6 Å². The second kappa shape index (κ2) is 11.1. The van der Waals surface area contributed by atoms with E-state index >= 15 is 0 Å². The van der Waals surface area contributed by atoms with Crippen LogP contribution in [0.1, 0.15) is 25.0 Å². The fourth-order valence-electron chi connectivity index (χ4n) is 3.08. The Hall–Kier alpha value is -3.39. The molecule has 2 aromatic rings. The molecule has 0 aromatic heterocycles. The lowest BCUT2D eigenvalue weighted by molar-refractivity contribution is -0.143. The molecule has 2 rings (SSSR count). The molecule has 2 aromatic carbocycles. The van der Waals surface area contributed by atoms with Crippen molar-refractivity contribution in [3.8, 4) is 5.75 Å². The zero-order valence-electron chi connectivity index (χ0n) is 17.6. The number of carbonyl (C=O) groups is 3. The molecule has 8 nitrogen and oxygen atoms in total. The van der Waals surface area contributed by atoms with Crippen LogP contribution in [0.25, 0.3) is 0 Å². The maximum atomic E-state index is 12.9. The van der Waals surface area contributed by atoms with Crippen molar-refractivity contribution in [3.05, 3.63) is 65.7 Å². The molecular weight excluding hydrogens is 398 g/mol. The Morgan fingerprint density at radius 1 is 0.871 bits per heavy atom. The molecule has 2 amide bonds. The van der Waals surface area contributed by atoms with Gasteiger partial charge >= 0.3 is 5.97 Å². The molecule has 3 unspecified atom stereocenters. The lowest BCUT2D eigenvalue weighted by Crippen LogP contribution is -2.56. The van der Waals surface area contributed by atoms with Gasteiger partial charge in [-0.15, -0.1) is 0 Å². The highest BCUT2D eigenvalue weighted by Crippen LogP contribution is 2.11. The van der Waals surface area contributed by atoms with Crippen molar-refractivity contribution in [1.82, 2.24) is 10.6 Å². The van der Waals surface area contributed by atoms with Gasteiger partial charge in [-0.1, -0.05) is 56.3 Å². The van der Waals surface area contributed by atoms with Crippen molar-refractivity contribution in [2.45, 2.75) is 44.8 Å². The topological polar surface area (TPSA) is 142 Å². The van der Waals surface area contributed by atoms with Crippen molar-refractivity contribution in [2.24, 2.45) is 11.7 Å². The first-order valence-corrected chi connectivity index (χ1v) is 10.1. The number of carboxylic acid groups (broad SMARTS) is 1. The summed E-state index contributed by atoms with van der Waals surface area (Å²) in [5.41, 5.74) is 7.60. The normalized spacial score (nSPS) is 13.8. The van der Waals surface area contributed by atoms with Gasteiger partial charge in [-0.3, -0.25) is 9.59 Å². The van der Waals surface area contributed by atoms with Crippen LogP contribution in [0, 0.1) is 5.92 Å². The third-order valence-electron chi connectivity index (χ3n) is 4.87. The van der Waals surface area contributed by atoms with Crippen LogP contribution in [0.5, 0.6) is 5.75 Å². The van der Waals surface area contributed by atoms with Gasteiger partial charge in [0.1, 0.15) is 17.8 Å². The average molecular weight is 428 g/mol. The third-order valence-corrected chi connectivity index (χ3v) is 4.87. The van der Waals surface area contributed by atoms with E-state index < -0.39 is 35.9 Å². The van der Waals surface area contributed by atoms with E-state index in [-0.39, 0.29) is 24.5 Å². The monoisotopic (exact) mass is 427 g/mol. The number of aliphatic carboxylic acids is 1. The fourth-order valence-corrected chi connectivity index (χ4v) is 3.08. The molecule has 0 aliphatic heterocycles. The number of aromatic hydroxyl groups is 1. The van der Waals surface area contributed by atoms with Crippen LogP contribution in [0.2, 0.25) is 0 Å². The Morgan fingerprint density at radius 2 is 1.45 bits per heavy atom. The summed E-state index contributed by atoms with van der Waals surface area (Å²) < 4.78 is 0. The second-order valence-electron chi connectivity index (χ2n) is 7.80. The summed E-state index contributed by atoms with van der Waals surface area (Å²) in [6.45, 7) is 3.38. The van der Waals surface area contributed by atoms with E-state index in [2.05, 4.69) is 10.6 Å². The number of hydrogen-bond donors (Lipinski definition) is 5.